The van der Waals surface area contributed by atoms with Crippen molar-refractivity contribution in [2.45, 2.75) is 19.0 Å². The van der Waals surface area contributed by atoms with E-state index in [4.69, 9.17) is 11.6 Å². The third kappa shape index (κ3) is 3.40. The van der Waals surface area contributed by atoms with Gasteiger partial charge < -0.3 is 4.90 Å². The first-order valence-electron chi connectivity index (χ1n) is 11.7. The van der Waals surface area contributed by atoms with Crippen LogP contribution in [0.4, 0.5) is 11.4 Å². The maximum absolute atomic E-state index is 14.0. The molecular formula is C28H20ClN3O5. The van der Waals surface area contributed by atoms with Gasteiger partial charge in [-0.3, -0.25) is 24.5 Å². The molecule has 0 saturated carbocycles. The molecule has 0 spiro atoms. The predicted octanol–water partition coefficient (Wildman–Crippen LogP) is 4.95. The number of imide groups is 1. The number of nitro benzene ring substituents is 1. The minimum atomic E-state index is -0.925. The van der Waals surface area contributed by atoms with Gasteiger partial charge in [-0.1, -0.05) is 35.9 Å². The summed E-state index contributed by atoms with van der Waals surface area (Å²) in [5.74, 6) is -2.90. The van der Waals surface area contributed by atoms with E-state index in [-0.39, 0.29) is 11.5 Å². The standard InChI is InChI=1S/C28H20ClN3O5/c1-15-14-19(32(36)37)10-11-21(15)31-27(34)22-23(28(31)35)25(26(33)17-6-8-18(29)9-7-17)30-13-12-16-4-2-3-5-20(16)24(22)30/h2-14,22-25H,1H3. The van der Waals surface area contributed by atoms with Crippen LogP contribution in [0.15, 0.2) is 72.9 Å². The van der Waals surface area contributed by atoms with Crippen molar-refractivity contribution in [2.75, 3.05) is 4.90 Å². The maximum atomic E-state index is 14.0. The van der Waals surface area contributed by atoms with Crippen molar-refractivity contribution < 1.29 is 19.3 Å². The molecule has 3 heterocycles. The van der Waals surface area contributed by atoms with E-state index < -0.39 is 40.7 Å². The van der Waals surface area contributed by atoms with E-state index in [2.05, 4.69) is 0 Å². The molecule has 3 aromatic carbocycles. The second-order valence-corrected chi connectivity index (χ2v) is 9.88. The van der Waals surface area contributed by atoms with Gasteiger partial charge in [-0.2, -0.15) is 0 Å². The number of carbonyl (C=O) groups excluding carboxylic acids is 3. The lowest BCUT2D eigenvalue weighted by Crippen LogP contribution is -2.44. The molecule has 2 fully saturated rings. The number of fused-ring (bicyclic) bond motifs is 5. The SMILES string of the molecule is Cc1cc([N+](=O)[O-])ccc1N1C(=O)C2C(C1=O)C1c3ccccc3C=CN1C2C(=O)c1ccc(Cl)cc1. The lowest BCUT2D eigenvalue weighted by molar-refractivity contribution is -0.384. The first-order chi connectivity index (χ1) is 17.8. The lowest BCUT2D eigenvalue weighted by Gasteiger charge is -2.35. The number of carbonyl (C=O) groups is 3. The molecule has 0 aliphatic carbocycles. The van der Waals surface area contributed by atoms with E-state index in [1.165, 1.54) is 18.2 Å². The Morgan fingerprint density at radius 3 is 2.38 bits per heavy atom. The molecule has 6 rings (SSSR count). The normalized spacial score (nSPS) is 23.6. The molecule has 4 unspecified atom stereocenters. The summed E-state index contributed by atoms with van der Waals surface area (Å²) in [5.41, 5.74) is 2.78. The first-order valence-corrected chi connectivity index (χ1v) is 12.1. The molecule has 184 valence electrons. The summed E-state index contributed by atoms with van der Waals surface area (Å²) in [6, 6.07) is 16.7. The number of benzene rings is 3. The average Bonchev–Trinajstić information content (AvgIpc) is 3.36. The van der Waals surface area contributed by atoms with Crippen LogP contribution < -0.4 is 4.90 Å². The molecule has 37 heavy (non-hydrogen) atoms. The number of ketones is 1. The van der Waals surface area contributed by atoms with Crippen molar-refractivity contribution in [3.8, 4) is 0 Å². The van der Waals surface area contributed by atoms with Crippen LogP contribution in [0.2, 0.25) is 5.02 Å². The number of Topliss-reactive ketones (excluding diaryl/α,β-unsaturated/α-hetero) is 1. The monoisotopic (exact) mass is 513 g/mol. The van der Waals surface area contributed by atoms with Crippen LogP contribution in [0.25, 0.3) is 6.08 Å². The topological polar surface area (TPSA) is 101 Å². The summed E-state index contributed by atoms with van der Waals surface area (Å²) >= 11 is 6.03. The lowest BCUT2D eigenvalue weighted by atomic mass is 9.83. The number of nitrogens with zero attached hydrogens (tertiary/aromatic N) is 3. The number of nitro groups is 1. The Kier molecular flexibility index (Phi) is 5.24. The van der Waals surface area contributed by atoms with E-state index in [1.807, 2.05) is 35.2 Å². The highest BCUT2D eigenvalue weighted by Gasteiger charge is 2.64. The summed E-state index contributed by atoms with van der Waals surface area (Å²) in [6.07, 6.45) is 3.69. The molecule has 0 N–H and O–H groups in total. The van der Waals surface area contributed by atoms with Crippen LogP contribution in [-0.2, 0) is 9.59 Å². The molecule has 9 heteroatoms. The van der Waals surface area contributed by atoms with Gasteiger partial charge in [-0.25, -0.2) is 4.90 Å². The van der Waals surface area contributed by atoms with Gasteiger partial charge >= 0.3 is 0 Å². The van der Waals surface area contributed by atoms with E-state index in [0.717, 1.165) is 16.0 Å². The third-order valence-electron chi connectivity index (χ3n) is 7.49. The van der Waals surface area contributed by atoms with Gasteiger partial charge in [-0.05, 0) is 60.0 Å². The van der Waals surface area contributed by atoms with Crippen molar-refractivity contribution in [3.63, 3.8) is 0 Å². The van der Waals surface area contributed by atoms with Crippen LogP contribution >= 0.6 is 11.6 Å². The van der Waals surface area contributed by atoms with Gasteiger partial charge in [0, 0.05) is 28.9 Å². The number of hydrogen-bond acceptors (Lipinski definition) is 6. The highest BCUT2D eigenvalue weighted by molar-refractivity contribution is 6.30. The van der Waals surface area contributed by atoms with Crippen molar-refractivity contribution >= 4 is 46.6 Å². The van der Waals surface area contributed by atoms with Gasteiger partial charge in [0.05, 0.1) is 28.5 Å². The molecule has 8 nitrogen and oxygen atoms in total. The Morgan fingerprint density at radius 2 is 1.68 bits per heavy atom. The predicted molar refractivity (Wildman–Crippen MR) is 137 cm³/mol. The van der Waals surface area contributed by atoms with Gasteiger partial charge in [0.25, 0.3) is 5.69 Å². The van der Waals surface area contributed by atoms with Crippen LogP contribution in [0.3, 0.4) is 0 Å². The first kappa shape index (κ1) is 23.1. The zero-order chi connectivity index (χ0) is 26.0. The van der Waals surface area contributed by atoms with Gasteiger partial charge in [-0.15, -0.1) is 0 Å². The second kappa shape index (κ2) is 8.38. The molecule has 0 bridgehead atoms. The van der Waals surface area contributed by atoms with E-state index in [0.29, 0.717) is 21.8 Å². The Hall–Kier alpha value is -4.30. The number of aryl methyl sites for hydroxylation is 1. The van der Waals surface area contributed by atoms with E-state index >= 15 is 0 Å². The van der Waals surface area contributed by atoms with Gasteiger partial charge in [0.2, 0.25) is 11.8 Å². The molecule has 2 saturated heterocycles. The zero-order valence-electron chi connectivity index (χ0n) is 19.6. The minimum absolute atomic E-state index is 0.131. The van der Waals surface area contributed by atoms with Crippen molar-refractivity contribution in [1.29, 1.82) is 0 Å². The quantitative estimate of drug-likeness (QED) is 0.212. The number of halogens is 1. The van der Waals surface area contributed by atoms with Crippen molar-refractivity contribution in [3.05, 3.63) is 110 Å². The van der Waals surface area contributed by atoms with E-state index in [1.54, 1.807) is 37.4 Å². The van der Waals surface area contributed by atoms with Crippen molar-refractivity contribution in [1.82, 2.24) is 4.90 Å². The number of hydrogen-bond donors (Lipinski definition) is 0. The highest BCUT2D eigenvalue weighted by atomic mass is 35.5. The summed E-state index contributed by atoms with van der Waals surface area (Å²) in [6.45, 7) is 1.62. The number of anilines is 1. The fourth-order valence-corrected chi connectivity index (χ4v) is 6.01. The highest BCUT2D eigenvalue weighted by Crippen LogP contribution is 2.54. The summed E-state index contributed by atoms with van der Waals surface area (Å²) < 4.78 is 0. The molecule has 2 amide bonds. The second-order valence-electron chi connectivity index (χ2n) is 9.44. The van der Waals surface area contributed by atoms with Crippen LogP contribution in [-0.4, -0.2) is 33.5 Å². The summed E-state index contributed by atoms with van der Waals surface area (Å²) in [4.78, 5) is 55.5. The molecular weight excluding hydrogens is 494 g/mol. The molecule has 3 aliphatic heterocycles. The molecule has 0 aromatic heterocycles. The van der Waals surface area contributed by atoms with Gasteiger partial charge in [0.15, 0.2) is 5.78 Å². The minimum Gasteiger partial charge on any atom is -0.358 e. The Morgan fingerprint density at radius 1 is 0.973 bits per heavy atom. The third-order valence-corrected chi connectivity index (χ3v) is 7.74. The number of amides is 2. The van der Waals surface area contributed by atoms with Crippen LogP contribution in [0.5, 0.6) is 0 Å². The van der Waals surface area contributed by atoms with Crippen molar-refractivity contribution in [2.24, 2.45) is 11.8 Å². The molecule has 4 atom stereocenters. The van der Waals surface area contributed by atoms with E-state index in [9.17, 15) is 24.5 Å². The van der Waals surface area contributed by atoms with Crippen LogP contribution in [0.1, 0.15) is 33.1 Å². The Labute approximate surface area is 216 Å². The number of non-ortho nitro benzene ring substituents is 1. The molecule has 0 radical (unpaired) electrons. The summed E-state index contributed by atoms with van der Waals surface area (Å²) in [5, 5.41) is 11.7. The summed E-state index contributed by atoms with van der Waals surface area (Å²) in [7, 11) is 0. The molecule has 3 aliphatic rings. The fraction of sp³-hybridized carbons (Fsp3) is 0.179. The average molecular weight is 514 g/mol. The Balaban J connectivity index is 1.49. The smallest absolute Gasteiger partial charge is 0.269 e. The zero-order valence-corrected chi connectivity index (χ0v) is 20.3. The Bertz CT molecular complexity index is 1530. The number of rotatable bonds is 4. The largest absolute Gasteiger partial charge is 0.358 e. The van der Waals surface area contributed by atoms with Crippen LogP contribution in [0, 0.1) is 28.9 Å². The van der Waals surface area contributed by atoms with Gasteiger partial charge in [0.1, 0.15) is 6.04 Å². The fourth-order valence-electron chi connectivity index (χ4n) is 5.88. The molecule has 3 aromatic rings. The maximum Gasteiger partial charge on any atom is 0.269 e.